The molecule has 0 radical (unpaired) electrons. The van der Waals surface area contributed by atoms with Crippen molar-refractivity contribution < 1.29 is 105 Å². The number of carbonyl (C=O) groups is 10. The van der Waals surface area contributed by atoms with E-state index in [9.17, 15) is 47.9 Å². The van der Waals surface area contributed by atoms with Crippen molar-refractivity contribution in [3.05, 3.63) is 0 Å². The van der Waals surface area contributed by atoms with Crippen LogP contribution >= 0.6 is 0 Å². The summed E-state index contributed by atoms with van der Waals surface area (Å²) in [5.41, 5.74) is 0. The van der Waals surface area contributed by atoms with Crippen LogP contribution in [0.25, 0.3) is 0 Å². The first-order valence-corrected chi connectivity index (χ1v) is 18.1. The minimum absolute atomic E-state index is 0.217. The van der Waals surface area contributed by atoms with Gasteiger partial charge in [0, 0.05) is 68.5 Å². The van der Waals surface area contributed by atoms with E-state index in [-0.39, 0.29) is 26.3 Å². The zero-order valence-corrected chi connectivity index (χ0v) is 33.7. The zero-order valence-electron chi connectivity index (χ0n) is 33.7. The molecule has 10 atom stereocenters. The summed E-state index contributed by atoms with van der Waals surface area (Å²) in [6.45, 7) is 6.59. The number of rotatable bonds is 20. The topological polar surface area (TPSA) is 306 Å². The summed E-state index contributed by atoms with van der Waals surface area (Å²) in [5.74, 6) is -7.92. The molecule has 0 unspecified atom stereocenters. The molecule has 24 heteroatoms. The molecule has 2 N–H and O–H groups in total. The molecule has 24 nitrogen and oxygen atoms in total. The van der Waals surface area contributed by atoms with E-state index in [2.05, 4.69) is 10.6 Å². The van der Waals surface area contributed by atoms with Crippen molar-refractivity contribution in [2.75, 3.05) is 39.5 Å². The fourth-order valence-corrected chi connectivity index (χ4v) is 5.65. The van der Waals surface area contributed by atoms with Gasteiger partial charge < -0.3 is 67.5 Å². The van der Waals surface area contributed by atoms with Gasteiger partial charge in [-0.25, -0.2) is 0 Å². The highest BCUT2D eigenvalue weighted by Crippen LogP contribution is 2.31. The smallest absolute Gasteiger partial charge is 0.303 e. The largest absolute Gasteiger partial charge is 0.463 e. The van der Waals surface area contributed by atoms with E-state index < -0.39 is 141 Å². The van der Waals surface area contributed by atoms with Crippen LogP contribution < -0.4 is 10.6 Å². The van der Waals surface area contributed by atoms with Crippen molar-refractivity contribution in [2.24, 2.45) is 0 Å². The fourth-order valence-electron chi connectivity index (χ4n) is 5.65. The fraction of sp³-hybridized carbons (Fsp3) is 0.714. The molecule has 0 aromatic carbocycles. The summed E-state index contributed by atoms with van der Waals surface area (Å²) in [6, 6.07) is 0. The Morgan fingerprint density at radius 2 is 0.695 bits per heavy atom. The molecule has 59 heavy (non-hydrogen) atoms. The summed E-state index contributed by atoms with van der Waals surface area (Å²) in [7, 11) is 0. The highest BCUT2D eigenvalue weighted by Gasteiger charge is 2.54. The van der Waals surface area contributed by atoms with Crippen molar-refractivity contribution in [1.82, 2.24) is 10.6 Å². The van der Waals surface area contributed by atoms with Crippen LogP contribution in [0.4, 0.5) is 0 Å². The van der Waals surface area contributed by atoms with Gasteiger partial charge in [-0.3, -0.25) is 47.9 Å². The average molecular weight is 851 g/mol. The summed E-state index contributed by atoms with van der Waals surface area (Å²) in [4.78, 5) is 120. The molecule has 2 aliphatic heterocycles. The lowest BCUT2D eigenvalue weighted by Crippen LogP contribution is -2.63. The molecule has 2 rings (SSSR count). The molecular weight excluding hydrogens is 800 g/mol. The van der Waals surface area contributed by atoms with Crippen molar-refractivity contribution in [3.63, 3.8) is 0 Å². The Morgan fingerprint density at radius 3 is 0.983 bits per heavy atom. The van der Waals surface area contributed by atoms with Crippen LogP contribution in [0.1, 0.15) is 61.8 Å². The van der Waals surface area contributed by atoms with Crippen LogP contribution in [-0.4, -0.2) is 160 Å². The summed E-state index contributed by atoms with van der Waals surface area (Å²) in [5, 5.41) is 4.88. The van der Waals surface area contributed by atoms with Gasteiger partial charge in [0.15, 0.2) is 49.2 Å². The van der Waals surface area contributed by atoms with Crippen LogP contribution in [0.2, 0.25) is 0 Å². The number of nitrogens with one attached hydrogen (secondary N) is 2. The molecule has 2 aliphatic rings. The standard InChI is InChI=1S/C35H50N2O22/c1-16(38)50-14-24-28(52-18(3)40)30(54-20(5)42)32(56-22(7)44)34(58-24)48-11-9-36-26(46)13-27(47)37-10-12-49-35-33(57-23(8)45)31(55-21(6)43)29(53-19(4)41)25(59-35)15-51-17(2)39/h24-25,28-35H,9-15H2,1-8H3,(H,36,46)(H,37,47)/t24-,25-,28-,29-,30+,31+,32+,33+,34+,35+/m1/s1. The highest BCUT2D eigenvalue weighted by molar-refractivity contribution is 5.96. The maximum absolute atomic E-state index is 12.5. The van der Waals surface area contributed by atoms with E-state index in [1.54, 1.807) is 0 Å². The van der Waals surface area contributed by atoms with E-state index in [0.717, 1.165) is 55.4 Å². The van der Waals surface area contributed by atoms with E-state index >= 15 is 0 Å². The maximum Gasteiger partial charge on any atom is 0.303 e. The molecule has 0 bridgehead atoms. The second kappa shape index (κ2) is 24.5. The lowest BCUT2D eigenvalue weighted by molar-refractivity contribution is -0.307. The third-order valence-electron chi connectivity index (χ3n) is 7.63. The van der Waals surface area contributed by atoms with Gasteiger partial charge in [0.2, 0.25) is 11.8 Å². The minimum Gasteiger partial charge on any atom is -0.463 e. The summed E-state index contributed by atoms with van der Waals surface area (Å²) >= 11 is 0. The van der Waals surface area contributed by atoms with Crippen molar-refractivity contribution in [1.29, 1.82) is 0 Å². The first-order chi connectivity index (χ1) is 27.7. The Balaban J connectivity index is 2.01. The number of hydrogen-bond acceptors (Lipinski definition) is 22. The number of carbonyl (C=O) groups excluding carboxylic acids is 10. The normalized spacial score (nSPS) is 26.1. The average Bonchev–Trinajstić information content (AvgIpc) is 3.10. The Hall–Kier alpha value is -5.46. The van der Waals surface area contributed by atoms with Crippen molar-refractivity contribution >= 4 is 59.6 Å². The molecule has 0 saturated carbocycles. The van der Waals surface area contributed by atoms with E-state index in [0.29, 0.717) is 0 Å². The van der Waals surface area contributed by atoms with Gasteiger partial charge >= 0.3 is 47.8 Å². The molecular formula is C35H50N2O22. The first kappa shape index (κ1) is 49.7. The predicted molar refractivity (Wildman–Crippen MR) is 186 cm³/mol. The number of hydrogen-bond donors (Lipinski definition) is 2. The van der Waals surface area contributed by atoms with Gasteiger partial charge in [-0.2, -0.15) is 0 Å². The first-order valence-electron chi connectivity index (χ1n) is 18.1. The molecule has 332 valence electrons. The Labute approximate surface area is 337 Å². The minimum atomic E-state index is -1.49. The molecule has 2 heterocycles. The zero-order chi connectivity index (χ0) is 44.4. The van der Waals surface area contributed by atoms with Crippen molar-refractivity contribution in [2.45, 2.75) is 123 Å². The molecule has 2 amide bonds. The van der Waals surface area contributed by atoms with E-state index in [4.69, 9.17) is 56.8 Å². The quantitative estimate of drug-likeness (QED) is 0.0569. The number of esters is 8. The lowest BCUT2D eigenvalue weighted by Gasteiger charge is -2.44. The van der Waals surface area contributed by atoms with Gasteiger partial charge in [0.05, 0.1) is 13.2 Å². The monoisotopic (exact) mass is 850 g/mol. The van der Waals surface area contributed by atoms with Crippen LogP contribution in [0.3, 0.4) is 0 Å². The lowest BCUT2D eigenvalue weighted by atomic mass is 9.98. The Bertz CT molecular complexity index is 1430. The predicted octanol–water partition coefficient (Wildman–Crippen LogP) is -2.19. The number of amides is 2. The highest BCUT2D eigenvalue weighted by atomic mass is 16.7. The molecule has 0 aromatic rings. The Kier molecular flexibility index (Phi) is 20.6. The molecule has 0 aromatic heterocycles. The van der Waals surface area contributed by atoms with Gasteiger partial charge in [-0.15, -0.1) is 0 Å². The summed E-state index contributed by atoms with van der Waals surface area (Å²) in [6.07, 6.45) is -14.8. The van der Waals surface area contributed by atoms with E-state index in [1.807, 2.05) is 0 Å². The molecule has 0 aliphatic carbocycles. The van der Waals surface area contributed by atoms with Crippen molar-refractivity contribution in [3.8, 4) is 0 Å². The molecule has 0 spiro atoms. The Morgan fingerprint density at radius 1 is 0.407 bits per heavy atom. The molecule has 2 fully saturated rings. The van der Waals surface area contributed by atoms with Crippen LogP contribution in [-0.2, 0) is 105 Å². The van der Waals surface area contributed by atoms with Gasteiger partial charge in [0.25, 0.3) is 0 Å². The van der Waals surface area contributed by atoms with Gasteiger partial charge in [0.1, 0.15) is 31.8 Å². The van der Waals surface area contributed by atoms with E-state index in [1.165, 1.54) is 0 Å². The van der Waals surface area contributed by atoms with Gasteiger partial charge in [-0.1, -0.05) is 0 Å². The maximum atomic E-state index is 12.5. The second-order valence-electron chi connectivity index (χ2n) is 12.8. The van der Waals surface area contributed by atoms with Crippen LogP contribution in [0.5, 0.6) is 0 Å². The third kappa shape index (κ3) is 17.9. The third-order valence-corrected chi connectivity index (χ3v) is 7.63. The second-order valence-corrected chi connectivity index (χ2v) is 12.8. The summed E-state index contributed by atoms with van der Waals surface area (Å²) < 4.78 is 64.9. The number of ether oxygens (including phenoxy) is 12. The van der Waals surface area contributed by atoms with Gasteiger partial charge in [-0.05, 0) is 0 Å². The van der Waals surface area contributed by atoms with Crippen LogP contribution in [0, 0.1) is 0 Å². The SMILES string of the molecule is CC(=O)OC[C@H]1O[C@H](OCCNC(=O)CC(=O)NCCO[C@H]2O[C@H](COC(C)=O)[C@@H](OC(C)=O)[C@H](OC(C)=O)[C@@H]2OC(C)=O)[C@@H](OC(C)=O)[C@@H](OC(C)=O)[C@@H]1OC(C)=O. The van der Waals surface area contributed by atoms with Crippen LogP contribution in [0.15, 0.2) is 0 Å². The molecule has 2 saturated heterocycles.